The highest BCUT2D eigenvalue weighted by Gasteiger charge is 2.71. The molecule has 0 aromatic heterocycles. The Balaban J connectivity index is 1.57. The van der Waals surface area contributed by atoms with Crippen molar-refractivity contribution in [2.45, 2.75) is 118 Å². The van der Waals surface area contributed by atoms with Gasteiger partial charge in [-0.05, 0) is 110 Å². The van der Waals surface area contributed by atoms with E-state index in [0.29, 0.717) is 35.0 Å². The number of allylic oxidation sites excluding steroid dienone is 1. The van der Waals surface area contributed by atoms with E-state index < -0.39 is 6.10 Å². The van der Waals surface area contributed by atoms with E-state index in [1.807, 2.05) is 0 Å². The van der Waals surface area contributed by atoms with Gasteiger partial charge in [0.15, 0.2) is 0 Å². The summed E-state index contributed by atoms with van der Waals surface area (Å²) in [6.07, 6.45) is 10.2. The SMILES string of the molecule is C=C(C)[C@@H]1CC[C@]2(C)CC[C@]3(C)[C@H](CC[C@@H]4[C@@]5(C)[C@H](O)C[C@@H](O)C(C)(C)[C@@H]5CC[C@]43C)[C@H]12. The minimum atomic E-state index is -0.392. The van der Waals surface area contributed by atoms with Gasteiger partial charge in [-0.3, -0.25) is 0 Å². The fourth-order valence-electron chi connectivity index (χ4n) is 11.4. The Kier molecular flexibility index (Phi) is 5.02. The summed E-state index contributed by atoms with van der Waals surface area (Å²) >= 11 is 0. The lowest BCUT2D eigenvalue weighted by Gasteiger charge is -2.73. The van der Waals surface area contributed by atoms with E-state index in [2.05, 4.69) is 55.0 Å². The Morgan fingerprint density at radius 2 is 1.44 bits per heavy atom. The largest absolute Gasteiger partial charge is 0.392 e. The molecule has 11 atom stereocenters. The number of rotatable bonds is 1. The number of fused-ring (bicyclic) bond motifs is 7. The summed E-state index contributed by atoms with van der Waals surface area (Å²) in [6.45, 7) is 21.6. The second-order valence-corrected chi connectivity index (χ2v) is 14.8. The van der Waals surface area contributed by atoms with Gasteiger partial charge in [0.2, 0.25) is 0 Å². The summed E-state index contributed by atoms with van der Waals surface area (Å²) in [6, 6.07) is 0. The van der Waals surface area contributed by atoms with Gasteiger partial charge in [0.05, 0.1) is 12.2 Å². The predicted molar refractivity (Wildman–Crippen MR) is 132 cm³/mol. The lowest BCUT2D eigenvalue weighted by atomic mass is 9.32. The molecule has 0 heterocycles. The highest BCUT2D eigenvalue weighted by molar-refractivity contribution is 5.22. The average Bonchev–Trinajstić information content (AvgIpc) is 3.05. The summed E-state index contributed by atoms with van der Waals surface area (Å²) < 4.78 is 0. The molecule has 32 heavy (non-hydrogen) atoms. The lowest BCUT2D eigenvalue weighted by Crippen LogP contribution is -2.69. The Morgan fingerprint density at radius 3 is 2.09 bits per heavy atom. The van der Waals surface area contributed by atoms with E-state index in [4.69, 9.17) is 0 Å². The van der Waals surface area contributed by atoms with Crippen molar-refractivity contribution in [1.82, 2.24) is 0 Å². The molecule has 0 radical (unpaired) electrons. The first kappa shape index (κ1) is 23.4. The molecule has 0 aromatic carbocycles. The minimum absolute atomic E-state index is 0.0894. The van der Waals surface area contributed by atoms with E-state index >= 15 is 0 Å². The molecule has 0 aliphatic heterocycles. The molecule has 5 rings (SSSR count). The van der Waals surface area contributed by atoms with Gasteiger partial charge in [-0.2, -0.15) is 0 Å². The summed E-state index contributed by atoms with van der Waals surface area (Å²) in [5, 5.41) is 22.4. The Morgan fingerprint density at radius 1 is 0.750 bits per heavy atom. The maximum atomic E-state index is 11.5. The van der Waals surface area contributed by atoms with Crippen molar-refractivity contribution in [3.05, 3.63) is 12.2 Å². The highest BCUT2D eigenvalue weighted by atomic mass is 16.3. The van der Waals surface area contributed by atoms with E-state index in [9.17, 15) is 10.2 Å². The zero-order chi connectivity index (χ0) is 23.5. The predicted octanol–water partition coefficient (Wildman–Crippen LogP) is 7.00. The molecular weight excluding hydrogens is 392 g/mol. The van der Waals surface area contributed by atoms with Crippen LogP contribution in [0.4, 0.5) is 0 Å². The normalized spacial score (nSPS) is 58.8. The van der Waals surface area contributed by atoms with Gasteiger partial charge in [-0.1, -0.05) is 53.7 Å². The fourth-order valence-corrected chi connectivity index (χ4v) is 11.4. The maximum absolute atomic E-state index is 11.5. The quantitative estimate of drug-likeness (QED) is 0.429. The summed E-state index contributed by atoms with van der Waals surface area (Å²) in [4.78, 5) is 0. The van der Waals surface area contributed by atoms with E-state index in [1.54, 1.807) is 0 Å². The van der Waals surface area contributed by atoms with Gasteiger partial charge < -0.3 is 10.2 Å². The molecule has 2 heteroatoms. The van der Waals surface area contributed by atoms with Crippen LogP contribution in [0.15, 0.2) is 12.2 Å². The molecule has 0 aromatic rings. The monoisotopic (exact) mass is 442 g/mol. The second-order valence-electron chi connectivity index (χ2n) is 14.8. The Bertz CT molecular complexity index is 801. The first-order valence-electron chi connectivity index (χ1n) is 13.7. The average molecular weight is 443 g/mol. The van der Waals surface area contributed by atoms with E-state index in [1.165, 1.54) is 50.5 Å². The number of aliphatic hydroxyl groups excluding tert-OH is 2. The van der Waals surface area contributed by atoms with Gasteiger partial charge in [-0.15, -0.1) is 0 Å². The summed E-state index contributed by atoms with van der Waals surface area (Å²) in [5.41, 5.74) is 2.32. The van der Waals surface area contributed by atoms with E-state index in [0.717, 1.165) is 18.3 Å². The van der Waals surface area contributed by atoms with Crippen molar-refractivity contribution < 1.29 is 10.2 Å². The first-order valence-corrected chi connectivity index (χ1v) is 13.7. The Hall–Kier alpha value is -0.340. The van der Waals surface area contributed by atoms with Crippen LogP contribution in [-0.4, -0.2) is 22.4 Å². The zero-order valence-corrected chi connectivity index (χ0v) is 22.0. The molecule has 0 amide bonds. The van der Waals surface area contributed by atoms with Crippen LogP contribution in [0.3, 0.4) is 0 Å². The van der Waals surface area contributed by atoms with Crippen LogP contribution in [0.25, 0.3) is 0 Å². The van der Waals surface area contributed by atoms with Crippen LogP contribution in [0.2, 0.25) is 0 Å². The van der Waals surface area contributed by atoms with Gasteiger partial charge >= 0.3 is 0 Å². The van der Waals surface area contributed by atoms with E-state index in [-0.39, 0.29) is 22.3 Å². The molecule has 0 spiro atoms. The number of hydrogen-bond acceptors (Lipinski definition) is 2. The van der Waals surface area contributed by atoms with Gasteiger partial charge in [0, 0.05) is 11.8 Å². The minimum Gasteiger partial charge on any atom is -0.392 e. The second kappa shape index (κ2) is 6.87. The molecule has 2 nitrogen and oxygen atoms in total. The molecule has 5 aliphatic carbocycles. The van der Waals surface area contributed by atoms with Crippen LogP contribution < -0.4 is 0 Å². The van der Waals surface area contributed by atoms with Crippen molar-refractivity contribution in [3.8, 4) is 0 Å². The third-order valence-electron chi connectivity index (χ3n) is 13.6. The van der Waals surface area contributed by atoms with Crippen molar-refractivity contribution in [2.24, 2.45) is 56.7 Å². The molecular formula is C30H50O2. The third-order valence-corrected chi connectivity index (χ3v) is 13.6. The molecule has 2 N–H and O–H groups in total. The number of hydrogen-bond donors (Lipinski definition) is 2. The molecule has 5 saturated carbocycles. The van der Waals surface area contributed by atoms with Crippen molar-refractivity contribution in [2.75, 3.05) is 0 Å². The molecule has 0 saturated heterocycles. The summed E-state index contributed by atoms with van der Waals surface area (Å²) in [5.74, 6) is 3.22. The standard InChI is InChI=1S/C30H50O2/c1-18(2)19-11-13-27(5)15-16-28(6)20(25(19)27)9-10-22-29(28,7)14-12-21-26(3,4)23(31)17-24(32)30(21,22)8/h19-25,31-32H,1,9-17H2,2-8H3/t19-,20+,21-,22-,23+,24+,25-,27+,28+,29+,30-/m0/s1. The number of aliphatic hydroxyl groups is 2. The van der Waals surface area contributed by atoms with Crippen LogP contribution in [0.1, 0.15) is 106 Å². The first-order chi connectivity index (χ1) is 14.7. The molecule has 0 bridgehead atoms. The maximum Gasteiger partial charge on any atom is 0.0624 e. The molecule has 0 unspecified atom stereocenters. The lowest BCUT2D eigenvalue weighted by molar-refractivity contribution is -0.273. The highest BCUT2D eigenvalue weighted by Crippen LogP contribution is 2.77. The molecule has 182 valence electrons. The van der Waals surface area contributed by atoms with Gasteiger partial charge in [0.1, 0.15) is 0 Å². The summed E-state index contributed by atoms with van der Waals surface area (Å²) in [7, 11) is 0. The Labute approximate surface area is 197 Å². The molecule has 5 fully saturated rings. The van der Waals surface area contributed by atoms with Crippen molar-refractivity contribution >= 4 is 0 Å². The topological polar surface area (TPSA) is 40.5 Å². The third kappa shape index (κ3) is 2.61. The molecule has 5 aliphatic rings. The van der Waals surface area contributed by atoms with Crippen LogP contribution in [-0.2, 0) is 0 Å². The van der Waals surface area contributed by atoms with Crippen LogP contribution in [0.5, 0.6) is 0 Å². The van der Waals surface area contributed by atoms with Crippen LogP contribution >= 0.6 is 0 Å². The van der Waals surface area contributed by atoms with Crippen molar-refractivity contribution in [3.63, 3.8) is 0 Å². The fraction of sp³-hybridized carbons (Fsp3) is 0.933. The van der Waals surface area contributed by atoms with Gasteiger partial charge in [0.25, 0.3) is 0 Å². The zero-order valence-electron chi connectivity index (χ0n) is 22.0. The van der Waals surface area contributed by atoms with Crippen LogP contribution in [0, 0.1) is 56.7 Å². The van der Waals surface area contributed by atoms with Gasteiger partial charge in [-0.25, -0.2) is 0 Å². The smallest absolute Gasteiger partial charge is 0.0624 e. The van der Waals surface area contributed by atoms with Crippen molar-refractivity contribution in [1.29, 1.82) is 0 Å².